The van der Waals surface area contributed by atoms with E-state index in [1.165, 1.54) is 36.0 Å². The Labute approximate surface area is 226 Å². The summed E-state index contributed by atoms with van der Waals surface area (Å²) in [5, 5.41) is 11.4. The molecule has 1 aromatic heterocycles. The van der Waals surface area contributed by atoms with Gasteiger partial charge < -0.3 is 10.2 Å². The predicted molar refractivity (Wildman–Crippen MR) is 142 cm³/mol. The lowest BCUT2D eigenvalue weighted by molar-refractivity contribution is -0.116. The Morgan fingerprint density at radius 1 is 1.00 bits per heavy atom. The van der Waals surface area contributed by atoms with Crippen molar-refractivity contribution < 1.29 is 18.4 Å². The lowest BCUT2D eigenvalue weighted by atomic mass is 10.0. The second-order valence-electron chi connectivity index (χ2n) is 8.56. The first-order valence-electron chi connectivity index (χ1n) is 11.9. The number of rotatable bonds is 7. The Morgan fingerprint density at radius 2 is 1.79 bits per heavy atom. The van der Waals surface area contributed by atoms with Crippen molar-refractivity contribution in [3.05, 3.63) is 100 Å². The minimum absolute atomic E-state index is 0.0171. The van der Waals surface area contributed by atoms with Crippen LogP contribution in [0.1, 0.15) is 28.2 Å². The Balaban J connectivity index is 1.36. The SMILES string of the molecule is O=C(NCc1nnc(SCC(=O)N2CCCc3ccccc32)n1-c1ccc(F)cc1)c1c(F)cccc1Cl. The van der Waals surface area contributed by atoms with E-state index in [-0.39, 0.29) is 28.8 Å². The summed E-state index contributed by atoms with van der Waals surface area (Å²) < 4.78 is 29.4. The molecule has 5 rings (SSSR count). The number of aryl methyl sites for hydroxylation is 1. The number of hydrogen-bond acceptors (Lipinski definition) is 5. The average molecular weight is 554 g/mol. The summed E-state index contributed by atoms with van der Waals surface area (Å²) in [4.78, 5) is 27.6. The van der Waals surface area contributed by atoms with Gasteiger partial charge in [-0.25, -0.2) is 8.78 Å². The van der Waals surface area contributed by atoms with E-state index in [2.05, 4.69) is 15.5 Å². The van der Waals surface area contributed by atoms with Gasteiger partial charge in [0.25, 0.3) is 5.91 Å². The van der Waals surface area contributed by atoms with Crippen LogP contribution in [-0.4, -0.2) is 38.9 Å². The summed E-state index contributed by atoms with van der Waals surface area (Å²) in [5.41, 5.74) is 2.32. The van der Waals surface area contributed by atoms with Crippen molar-refractivity contribution in [1.29, 1.82) is 0 Å². The molecule has 0 bridgehead atoms. The molecule has 0 fully saturated rings. The van der Waals surface area contributed by atoms with Gasteiger partial charge in [0.2, 0.25) is 5.91 Å². The van der Waals surface area contributed by atoms with Gasteiger partial charge in [-0.3, -0.25) is 14.2 Å². The number of nitrogens with one attached hydrogen (secondary N) is 1. The molecule has 0 spiro atoms. The van der Waals surface area contributed by atoms with Gasteiger partial charge in [-0.05, 0) is 60.9 Å². The first-order chi connectivity index (χ1) is 18.4. The van der Waals surface area contributed by atoms with Crippen LogP contribution >= 0.6 is 23.4 Å². The van der Waals surface area contributed by atoms with Gasteiger partial charge in [-0.15, -0.1) is 10.2 Å². The second-order valence-corrected chi connectivity index (χ2v) is 9.91. The average Bonchev–Trinajstić information content (AvgIpc) is 3.33. The number of amides is 2. The van der Waals surface area contributed by atoms with Crippen LogP contribution in [-0.2, 0) is 17.8 Å². The maximum absolute atomic E-state index is 14.2. The molecule has 2 amide bonds. The molecule has 1 aliphatic heterocycles. The van der Waals surface area contributed by atoms with E-state index < -0.39 is 17.5 Å². The van der Waals surface area contributed by atoms with Crippen molar-refractivity contribution in [2.45, 2.75) is 24.5 Å². The number of hydrogen-bond donors (Lipinski definition) is 1. The van der Waals surface area contributed by atoms with E-state index in [1.807, 2.05) is 24.3 Å². The van der Waals surface area contributed by atoms with E-state index in [1.54, 1.807) is 21.6 Å². The van der Waals surface area contributed by atoms with Crippen molar-refractivity contribution in [2.75, 3.05) is 17.2 Å². The number of nitrogens with zero attached hydrogens (tertiary/aromatic N) is 4. The molecule has 4 aromatic rings. The van der Waals surface area contributed by atoms with Crippen LogP contribution in [0.2, 0.25) is 5.02 Å². The quantitative estimate of drug-likeness (QED) is 0.318. The first kappa shape index (κ1) is 25.9. The third-order valence-electron chi connectivity index (χ3n) is 6.12. The van der Waals surface area contributed by atoms with Gasteiger partial charge in [0.15, 0.2) is 11.0 Å². The van der Waals surface area contributed by atoms with Crippen molar-refractivity contribution >= 4 is 40.9 Å². The molecule has 2 heterocycles. The number of anilines is 1. The fraction of sp³-hybridized carbons (Fsp3) is 0.185. The normalized spacial score (nSPS) is 12.8. The molecule has 0 aliphatic carbocycles. The molecule has 11 heteroatoms. The predicted octanol–water partition coefficient (Wildman–Crippen LogP) is 5.20. The lowest BCUT2D eigenvalue weighted by Gasteiger charge is -2.29. The first-order valence-corrected chi connectivity index (χ1v) is 13.2. The number of carbonyl (C=O) groups excluding carboxylic acids is 2. The smallest absolute Gasteiger partial charge is 0.256 e. The fourth-order valence-corrected chi connectivity index (χ4v) is 5.41. The Kier molecular flexibility index (Phi) is 7.71. The minimum atomic E-state index is -0.746. The van der Waals surface area contributed by atoms with Crippen LogP contribution in [0.3, 0.4) is 0 Å². The number of halogens is 3. The summed E-state index contributed by atoms with van der Waals surface area (Å²) in [6, 6.07) is 17.5. The molecular formula is C27H22ClF2N5O2S. The number of thioether (sulfide) groups is 1. The molecule has 38 heavy (non-hydrogen) atoms. The molecule has 194 valence electrons. The third kappa shape index (κ3) is 5.41. The zero-order valence-corrected chi connectivity index (χ0v) is 21.6. The Morgan fingerprint density at radius 3 is 2.58 bits per heavy atom. The van der Waals surface area contributed by atoms with Crippen molar-refractivity contribution in [3.63, 3.8) is 0 Å². The highest BCUT2D eigenvalue weighted by molar-refractivity contribution is 7.99. The molecule has 0 unspecified atom stereocenters. The van der Waals surface area contributed by atoms with Crippen molar-refractivity contribution in [1.82, 2.24) is 20.1 Å². The number of aromatic nitrogens is 3. The summed E-state index contributed by atoms with van der Waals surface area (Å²) in [7, 11) is 0. The molecule has 3 aromatic carbocycles. The van der Waals surface area contributed by atoms with Crippen LogP contribution in [0.15, 0.2) is 71.9 Å². The molecule has 7 nitrogen and oxygen atoms in total. The maximum Gasteiger partial charge on any atom is 0.256 e. The molecule has 0 radical (unpaired) electrons. The Bertz CT molecular complexity index is 1480. The summed E-state index contributed by atoms with van der Waals surface area (Å²) in [6.45, 7) is 0.527. The van der Waals surface area contributed by atoms with E-state index in [0.717, 1.165) is 30.2 Å². The zero-order valence-electron chi connectivity index (χ0n) is 20.0. The summed E-state index contributed by atoms with van der Waals surface area (Å²) >= 11 is 7.20. The fourth-order valence-electron chi connectivity index (χ4n) is 4.32. The highest BCUT2D eigenvalue weighted by Crippen LogP contribution is 2.29. The third-order valence-corrected chi connectivity index (χ3v) is 7.35. The van der Waals surface area contributed by atoms with Crippen LogP contribution in [0.25, 0.3) is 5.69 Å². The van der Waals surface area contributed by atoms with Gasteiger partial charge in [-0.1, -0.05) is 47.6 Å². The number of carbonyl (C=O) groups is 2. The highest BCUT2D eigenvalue weighted by atomic mass is 35.5. The van der Waals surface area contributed by atoms with Gasteiger partial charge >= 0.3 is 0 Å². The van der Waals surface area contributed by atoms with Gasteiger partial charge in [0.1, 0.15) is 11.6 Å². The van der Waals surface area contributed by atoms with Gasteiger partial charge in [0.05, 0.1) is 22.9 Å². The summed E-state index contributed by atoms with van der Waals surface area (Å²) in [5.74, 6) is -1.53. The van der Waals surface area contributed by atoms with E-state index >= 15 is 0 Å². The zero-order chi connectivity index (χ0) is 26.6. The number of benzene rings is 3. The van der Waals surface area contributed by atoms with E-state index in [0.29, 0.717) is 23.2 Å². The minimum Gasteiger partial charge on any atom is -0.345 e. The topological polar surface area (TPSA) is 80.1 Å². The number of fused-ring (bicyclic) bond motifs is 1. The van der Waals surface area contributed by atoms with E-state index in [9.17, 15) is 18.4 Å². The number of para-hydroxylation sites is 1. The summed E-state index contributed by atoms with van der Waals surface area (Å²) in [6.07, 6.45) is 1.81. The molecule has 1 aliphatic rings. The second kappa shape index (κ2) is 11.3. The molecule has 0 saturated heterocycles. The standard InChI is InChI=1S/C27H22ClF2N5O2S/c28-20-7-3-8-21(30)25(20)26(37)31-15-23-32-33-27(35(23)19-12-10-18(29)11-13-19)38-16-24(36)34-14-4-6-17-5-1-2-9-22(17)34/h1-3,5,7-13H,4,6,14-16H2,(H,31,37). The maximum atomic E-state index is 14.2. The molecule has 1 N–H and O–H groups in total. The van der Waals surface area contributed by atoms with Gasteiger partial charge in [0, 0.05) is 17.9 Å². The molecular weight excluding hydrogens is 532 g/mol. The van der Waals surface area contributed by atoms with Crippen LogP contribution in [0, 0.1) is 11.6 Å². The van der Waals surface area contributed by atoms with Crippen LogP contribution < -0.4 is 10.2 Å². The largest absolute Gasteiger partial charge is 0.345 e. The van der Waals surface area contributed by atoms with E-state index in [4.69, 9.17) is 11.6 Å². The van der Waals surface area contributed by atoms with Crippen molar-refractivity contribution in [3.8, 4) is 5.69 Å². The van der Waals surface area contributed by atoms with Gasteiger partial charge in [-0.2, -0.15) is 0 Å². The Hall–Kier alpha value is -3.76. The van der Waals surface area contributed by atoms with Crippen LogP contribution in [0.4, 0.5) is 14.5 Å². The monoisotopic (exact) mass is 553 g/mol. The highest BCUT2D eigenvalue weighted by Gasteiger charge is 2.24. The van der Waals surface area contributed by atoms with Crippen molar-refractivity contribution in [2.24, 2.45) is 0 Å². The molecule has 0 atom stereocenters. The lowest BCUT2D eigenvalue weighted by Crippen LogP contribution is -2.36. The molecule has 0 saturated carbocycles. The van der Waals surface area contributed by atoms with Crippen LogP contribution in [0.5, 0.6) is 0 Å².